The maximum Gasteiger partial charge on any atom is 0.167 e. The van der Waals surface area contributed by atoms with Crippen LogP contribution in [-0.2, 0) is 19.4 Å². The van der Waals surface area contributed by atoms with Gasteiger partial charge in [-0.1, -0.05) is 0 Å². The summed E-state index contributed by atoms with van der Waals surface area (Å²) in [5.41, 5.74) is 3.81. The first-order valence-corrected chi connectivity index (χ1v) is 7.59. The molecule has 0 aliphatic heterocycles. The van der Waals surface area contributed by atoms with Crippen molar-refractivity contribution in [3.8, 4) is 6.07 Å². The van der Waals surface area contributed by atoms with Gasteiger partial charge in [-0.25, -0.2) is 0 Å². The molecule has 0 aromatic carbocycles. The standard InChI is InChI=1S/C15H16N4S/c1-9-10(2)18-19-15(13(9)7-16)17-8-12-6-11-4-3-5-14(11)20-12/h6H,3-5,8H2,1-2H3,(H,17,19). The van der Waals surface area contributed by atoms with E-state index in [1.165, 1.54) is 34.6 Å². The van der Waals surface area contributed by atoms with Crippen molar-refractivity contribution in [3.63, 3.8) is 0 Å². The van der Waals surface area contributed by atoms with Crippen molar-refractivity contribution in [2.75, 3.05) is 5.32 Å². The molecule has 0 atom stereocenters. The summed E-state index contributed by atoms with van der Waals surface area (Å²) in [5.74, 6) is 0.587. The SMILES string of the molecule is Cc1nnc(NCc2cc3c(s2)CCC3)c(C#N)c1C. The van der Waals surface area contributed by atoms with E-state index in [0.29, 0.717) is 17.9 Å². The Morgan fingerprint density at radius 2 is 2.20 bits per heavy atom. The number of thiophene rings is 1. The highest BCUT2D eigenvalue weighted by molar-refractivity contribution is 7.12. The Kier molecular flexibility index (Phi) is 3.41. The maximum absolute atomic E-state index is 9.26. The molecule has 1 N–H and O–H groups in total. The summed E-state index contributed by atoms with van der Waals surface area (Å²) in [4.78, 5) is 2.83. The molecule has 0 spiro atoms. The van der Waals surface area contributed by atoms with Crippen molar-refractivity contribution in [1.82, 2.24) is 10.2 Å². The highest BCUT2D eigenvalue weighted by atomic mass is 32.1. The number of hydrogen-bond donors (Lipinski definition) is 1. The van der Waals surface area contributed by atoms with Gasteiger partial charge in [-0.2, -0.15) is 10.4 Å². The van der Waals surface area contributed by atoms with Crippen molar-refractivity contribution in [3.05, 3.63) is 38.2 Å². The van der Waals surface area contributed by atoms with Crippen LogP contribution in [0.25, 0.3) is 0 Å². The maximum atomic E-state index is 9.26. The first-order valence-electron chi connectivity index (χ1n) is 6.77. The van der Waals surface area contributed by atoms with Crippen LogP contribution in [0, 0.1) is 25.2 Å². The molecule has 1 aliphatic carbocycles. The minimum absolute atomic E-state index is 0.587. The van der Waals surface area contributed by atoms with Gasteiger partial charge < -0.3 is 5.32 Å². The Balaban J connectivity index is 1.78. The van der Waals surface area contributed by atoms with E-state index in [-0.39, 0.29) is 0 Å². The van der Waals surface area contributed by atoms with Crippen LogP contribution in [0.3, 0.4) is 0 Å². The molecule has 2 aromatic heterocycles. The number of rotatable bonds is 3. The second kappa shape index (κ2) is 5.22. The van der Waals surface area contributed by atoms with Gasteiger partial charge >= 0.3 is 0 Å². The average molecular weight is 284 g/mol. The lowest BCUT2D eigenvalue weighted by molar-refractivity contribution is 0.912. The number of nitrogens with zero attached hydrogens (tertiary/aromatic N) is 3. The third-order valence-electron chi connectivity index (χ3n) is 3.79. The number of aromatic nitrogens is 2. The molecule has 0 fully saturated rings. The van der Waals surface area contributed by atoms with Gasteiger partial charge in [0.1, 0.15) is 11.6 Å². The summed E-state index contributed by atoms with van der Waals surface area (Å²) in [5, 5.41) is 20.7. The second-order valence-electron chi connectivity index (χ2n) is 5.11. The van der Waals surface area contributed by atoms with E-state index in [4.69, 9.17) is 0 Å². The average Bonchev–Trinajstić information content (AvgIpc) is 3.01. The molecule has 20 heavy (non-hydrogen) atoms. The summed E-state index contributed by atoms with van der Waals surface area (Å²) < 4.78 is 0. The van der Waals surface area contributed by atoms with E-state index in [1.807, 2.05) is 25.2 Å². The molecule has 102 valence electrons. The largest absolute Gasteiger partial charge is 0.363 e. The topological polar surface area (TPSA) is 61.6 Å². The van der Waals surface area contributed by atoms with Crippen LogP contribution in [-0.4, -0.2) is 10.2 Å². The number of fused-ring (bicyclic) bond motifs is 1. The molecule has 2 aromatic rings. The van der Waals surface area contributed by atoms with Crippen molar-refractivity contribution in [2.24, 2.45) is 0 Å². The van der Waals surface area contributed by atoms with E-state index < -0.39 is 0 Å². The van der Waals surface area contributed by atoms with Crippen molar-refractivity contribution >= 4 is 17.2 Å². The van der Waals surface area contributed by atoms with Crippen LogP contribution in [0.2, 0.25) is 0 Å². The van der Waals surface area contributed by atoms with E-state index in [0.717, 1.165) is 11.3 Å². The molecule has 0 saturated carbocycles. The Hall–Kier alpha value is -1.93. The summed E-state index contributed by atoms with van der Waals surface area (Å²) in [7, 11) is 0. The molecule has 0 bridgehead atoms. The fourth-order valence-corrected chi connectivity index (χ4v) is 3.72. The highest BCUT2D eigenvalue weighted by Crippen LogP contribution is 2.31. The molecule has 3 rings (SSSR count). The zero-order chi connectivity index (χ0) is 14.1. The van der Waals surface area contributed by atoms with Crippen molar-refractivity contribution in [1.29, 1.82) is 5.26 Å². The van der Waals surface area contributed by atoms with E-state index in [9.17, 15) is 5.26 Å². The van der Waals surface area contributed by atoms with Crippen LogP contribution in [0.4, 0.5) is 5.82 Å². The Morgan fingerprint density at radius 3 is 2.95 bits per heavy atom. The summed E-state index contributed by atoms with van der Waals surface area (Å²) >= 11 is 1.87. The van der Waals surface area contributed by atoms with Gasteiger partial charge in [-0.15, -0.1) is 16.4 Å². The molecule has 2 heterocycles. The first-order chi connectivity index (χ1) is 9.69. The summed E-state index contributed by atoms with van der Waals surface area (Å²) in [6.45, 7) is 4.49. The van der Waals surface area contributed by atoms with Gasteiger partial charge in [0.25, 0.3) is 0 Å². The molecular formula is C15H16N4S. The summed E-state index contributed by atoms with van der Waals surface area (Å²) in [6.07, 6.45) is 3.71. The monoisotopic (exact) mass is 284 g/mol. The Bertz CT molecular complexity index is 675. The molecule has 0 amide bonds. The normalized spacial score (nSPS) is 13.1. The van der Waals surface area contributed by atoms with Gasteiger partial charge in [0.15, 0.2) is 5.82 Å². The molecule has 0 saturated heterocycles. The van der Waals surface area contributed by atoms with Crippen LogP contribution >= 0.6 is 11.3 Å². The minimum Gasteiger partial charge on any atom is -0.363 e. The Morgan fingerprint density at radius 1 is 1.35 bits per heavy atom. The van der Waals surface area contributed by atoms with E-state index >= 15 is 0 Å². The molecule has 0 unspecified atom stereocenters. The lowest BCUT2D eigenvalue weighted by atomic mass is 10.1. The molecule has 0 radical (unpaired) electrons. The zero-order valence-electron chi connectivity index (χ0n) is 11.7. The zero-order valence-corrected chi connectivity index (χ0v) is 12.5. The van der Waals surface area contributed by atoms with Gasteiger partial charge in [0.2, 0.25) is 0 Å². The van der Waals surface area contributed by atoms with Gasteiger partial charge in [0, 0.05) is 9.75 Å². The number of nitrogens with one attached hydrogen (secondary N) is 1. The quantitative estimate of drug-likeness (QED) is 0.940. The van der Waals surface area contributed by atoms with Gasteiger partial charge in [-0.05, 0) is 50.3 Å². The smallest absolute Gasteiger partial charge is 0.167 e. The van der Waals surface area contributed by atoms with Crippen molar-refractivity contribution < 1.29 is 0 Å². The van der Waals surface area contributed by atoms with E-state index in [2.05, 4.69) is 27.6 Å². The predicted molar refractivity (Wildman–Crippen MR) is 79.9 cm³/mol. The number of aryl methyl sites for hydroxylation is 3. The van der Waals surface area contributed by atoms with Crippen LogP contribution in [0.15, 0.2) is 6.07 Å². The molecule has 1 aliphatic rings. The number of hydrogen-bond acceptors (Lipinski definition) is 5. The van der Waals surface area contributed by atoms with Crippen molar-refractivity contribution in [2.45, 2.75) is 39.7 Å². The molecular weight excluding hydrogens is 268 g/mol. The van der Waals surface area contributed by atoms with Crippen LogP contribution in [0.1, 0.15) is 38.6 Å². The lowest BCUT2D eigenvalue weighted by Gasteiger charge is -2.08. The third-order valence-corrected chi connectivity index (χ3v) is 5.03. The third kappa shape index (κ3) is 2.27. The fraction of sp³-hybridized carbons (Fsp3) is 0.400. The second-order valence-corrected chi connectivity index (χ2v) is 6.34. The van der Waals surface area contributed by atoms with E-state index in [1.54, 1.807) is 0 Å². The van der Waals surface area contributed by atoms with Crippen LogP contribution in [0.5, 0.6) is 0 Å². The number of nitriles is 1. The van der Waals surface area contributed by atoms with Gasteiger partial charge in [-0.3, -0.25) is 0 Å². The fourth-order valence-electron chi connectivity index (χ4n) is 2.52. The van der Waals surface area contributed by atoms with Gasteiger partial charge in [0.05, 0.1) is 12.2 Å². The van der Waals surface area contributed by atoms with Crippen LogP contribution < -0.4 is 5.32 Å². The predicted octanol–water partition coefficient (Wildman–Crippen LogP) is 3.13. The lowest BCUT2D eigenvalue weighted by Crippen LogP contribution is -2.06. The Labute approximate surface area is 122 Å². The highest BCUT2D eigenvalue weighted by Gasteiger charge is 2.15. The first kappa shape index (κ1) is 13.1. The molecule has 5 heteroatoms. The molecule has 4 nitrogen and oxygen atoms in total. The minimum atomic E-state index is 0.587. The summed E-state index contributed by atoms with van der Waals surface area (Å²) in [6, 6.07) is 4.50. The number of anilines is 1.